The second-order valence-electron chi connectivity index (χ2n) is 1.17. The first-order valence-corrected chi connectivity index (χ1v) is 4.18. The molecule has 0 rings (SSSR count). The van der Waals surface area contributed by atoms with Gasteiger partial charge < -0.3 is 4.55 Å². The van der Waals surface area contributed by atoms with Crippen molar-refractivity contribution in [3.63, 3.8) is 0 Å². The van der Waals surface area contributed by atoms with Gasteiger partial charge in [0.2, 0.25) is 0 Å². The maximum atomic E-state index is 11.2. The zero-order valence-electron chi connectivity index (χ0n) is 5.49. The van der Waals surface area contributed by atoms with Gasteiger partial charge in [0, 0.05) is 0 Å². The van der Waals surface area contributed by atoms with Gasteiger partial charge in [-0.2, -0.15) is 25.2 Å². The van der Waals surface area contributed by atoms with E-state index in [1.165, 1.54) is 0 Å². The molecular formula is CF3NaO5S2. The molecule has 5 nitrogen and oxygen atoms in total. The van der Waals surface area contributed by atoms with Gasteiger partial charge in [-0.3, -0.25) is 0 Å². The van der Waals surface area contributed by atoms with Crippen LogP contribution in [-0.4, -0.2) is 22.7 Å². The van der Waals surface area contributed by atoms with E-state index in [-0.39, 0.29) is 29.6 Å². The van der Waals surface area contributed by atoms with Crippen LogP contribution in [0.4, 0.5) is 13.2 Å². The summed E-state index contributed by atoms with van der Waals surface area (Å²) in [5.41, 5.74) is -5.72. The normalized spacial score (nSPS) is 15.0. The SMILES string of the molecule is O=S([O-])OS(=O)(=O)C(F)(F)F.[Na+]. The monoisotopic (exact) mass is 236 g/mol. The zero-order chi connectivity index (χ0) is 9.28. The van der Waals surface area contributed by atoms with Crippen LogP contribution in [0.25, 0.3) is 0 Å². The summed E-state index contributed by atoms with van der Waals surface area (Å²) < 4.78 is 74.4. The quantitative estimate of drug-likeness (QED) is 0.284. The molecule has 0 aliphatic heterocycles. The van der Waals surface area contributed by atoms with E-state index in [0.717, 1.165) is 0 Å². The van der Waals surface area contributed by atoms with Gasteiger partial charge in [0.1, 0.15) is 11.4 Å². The van der Waals surface area contributed by atoms with Crippen molar-refractivity contribution in [1.29, 1.82) is 0 Å². The molecule has 0 aromatic carbocycles. The van der Waals surface area contributed by atoms with E-state index in [4.69, 9.17) is 0 Å². The van der Waals surface area contributed by atoms with E-state index >= 15 is 0 Å². The summed E-state index contributed by atoms with van der Waals surface area (Å²) in [6.07, 6.45) is 0. The number of rotatable bonds is 2. The van der Waals surface area contributed by atoms with Crippen molar-refractivity contribution in [3.05, 3.63) is 0 Å². The Labute approximate surface area is 90.2 Å². The van der Waals surface area contributed by atoms with Crippen molar-refractivity contribution in [2.75, 3.05) is 0 Å². The van der Waals surface area contributed by atoms with Crippen LogP contribution >= 0.6 is 0 Å². The predicted molar refractivity (Wildman–Crippen MR) is 25.0 cm³/mol. The first-order chi connectivity index (χ1) is 4.67. The summed E-state index contributed by atoms with van der Waals surface area (Å²) >= 11 is -3.74. The summed E-state index contributed by atoms with van der Waals surface area (Å²) in [6.45, 7) is 0. The maximum Gasteiger partial charge on any atom is 1.00 e. The Bertz CT molecular complexity index is 254. The molecule has 0 heterocycles. The Hall–Kier alpha value is 0.810. The van der Waals surface area contributed by atoms with E-state index < -0.39 is 27.0 Å². The fraction of sp³-hybridized carbons (Fsp3) is 1.00. The minimum Gasteiger partial charge on any atom is -0.749 e. The molecule has 11 heteroatoms. The topological polar surface area (TPSA) is 83.5 Å². The average molecular weight is 236 g/mol. The third-order valence-electron chi connectivity index (χ3n) is 0.429. The summed E-state index contributed by atoms with van der Waals surface area (Å²) in [5.74, 6) is 0. The molecule has 0 saturated heterocycles. The second kappa shape index (κ2) is 4.88. The minimum absolute atomic E-state index is 0. The Morgan fingerprint density at radius 1 is 1.33 bits per heavy atom. The van der Waals surface area contributed by atoms with Gasteiger partial charge in [0.15, 0.2) is 0 Å². The molecule has 0 spiro atoms. The number of hydrogen-bond acceptors (Lipinski definition) is 5. The van der Waals surface area contributed by atoms with Crippen LogP contribution in [0.2, 0.25) is 0 Å². The number of hydrogen-bond donors (Lipinski definition) is 0. The molecule has 0 aliphatic rings. The van der Waals surface area contributed by atoms with Crippen molar-refractivity contribution in [2.45, 2.75) is 5.51 Å². The van der Waals surface area contributed by atoms with Crippen molar-refractivity contribution < 1.29 is 63.5 Å². The van der Waals surface area contributed by atoms with Gasteiger partial charge in [-0.15, -0.1) is 0 Å². The molecule has 12 heavy (non-hydrogen) atoms. The number of alkyl halides is 3. The Kier molecular flexibility index (Phi) is 6.22. The third kappa shape index (κ3) is 4.74. The van der Waals surface area contributed by atoms with Gasteiger partial charge in [0.05, 0.1) is 0 Å². The Morgan fingerprint density at radius 2 is 1.67 bits per heavy atom. The van der Waals surface area contributed by atoms with Crippen molar-refractivity contribution in [3.8, 4) is 0 Å². The molecule has 0 aromatic rings. The predicted octanol–water partition coefficient (Wildman–Crippen LogP) is -3.35. The summed E-state index contributed by atoms with van der Waals surface area (Å²) in [7, 11) is -6.01. The molecule has 0 amide bonds. The smallest absolute Gasteiger partial charge is 0.749 e. The third-order valence-corrected chi connectivity index (χ3v) is 2.16. The van der Waals surface area contributed by atoms with Crippen LogP contribution in [0.1, 0.15) is 0 Å². The largest absolute Gasteiger partial charge is 1.00 e. The van der Waals surface area contributed by atoms with Gasteiger partial charge in [0.25, 0.3) is 0 Å². The van der Waals surface area contributed by atoms with Crippen molar-refractivity contribution >= 4 is 21.5 Å². The second-order valence-corrected chi connectivity index (χ2v) is 3.50. The standard InChI is InChI=1S/CHF3O5S2.Na/c2-1(3,4)11(7,8)9-10(5)6;/h(H,5,6);/q;+1/p-1. The van der Waals surface area contributed by atoms with Crippen LogP contribution in [-0.2, 0) is 25.1 Å². The molecule has 1 atom stereocenters. The maximum absolute atomic E-state index is 11.2. The summed E-state index contributed by atoms with van der Waals surface area (Å²) in [5, 5.41) is 0. The van der Waals surface area contributed by atoms with E-state index in [0.29, 0.717) is 0 Å². The van der Waals surface area contributed by atoms with E-state index in [2.05, 4.69) is 3.63 Å². The molecule has 68 valence electrons. The average Bonchev–Trinajstić information content (AvgIpc) is 1.56. The fourth-order valence-corrected chi connectivity index (χ4v) is 1.01. The molecule has 1 unspecified atom stereocenters. The molecule has 0 aromatic heterocycles. The summed E-state index contributed by atoms with van der Waals surface area (Å²) in [6, 6.07) is 0. The fourth-order valence-electron chi connectivity index (χ4n) is 0.112. The van der Waals surface area contributed by atoms with Crippen molar-refractivity contribution in [2.24, 2.45) is 0 Å². The van der Waals surface area contributed by atoms with Gasteiger partial charge in [-0.1, -0.05) is 0 Å². The molecule has 0 N–H and O–H groups in total. The molecule has 0 fully saturated rings. The Balaban J connectivity index is 0. The van der Waals surface area contributed by atoms with Crippen molar-refractivity contribution in [1.82, 2.24) is 0 Å². The first-order valence-electron chi connectivity index (χ1n) is 1.77. The van der Waals surface area contributed by atoms with Crippen LogP contribution in [0.15, 0.2) is 0 Å². The van der Waals surface area contributed by atoms with E-state index in [1.54, 1.807) is 0 Å². The van der Waals surface area contributed by atoms with E-state index in [1.807, 2.05) is 0 Å². The van der Waals surface area contributed by atoms with Crippen LogP contribution in [0, 0.1) is 0 Å². The summed E-state index contributed by atoms with van der Waals surface area (Å²) in [4.78, 5) is 0. The van der Waals surface area contributed by atoms with Crippen LogP contribution in [0.5, 0.6) is 0 Å². The van der Waals surface area contributed by atoms with Gasteiger partial charge in [-0.25, -0.2) is 4.21 Å². The molecule has 0 radical (unpaired) electrons. The molecular weight excluding hydrogens is 236 g/mol. The molecule has 0 saturated carbocycles. The van der Waals surface area contributed by atoms with Crippen LogP contribution < -0.4 is 29.6 Å². The first kappa shape index (κ1) is 15.3. The minimum atomic E-state index is -6.01. The Morgan fingerprint density at radius 3 is 1.75 bits per heavy atom. The van der Waals surface area contributed by atoms with Crippen LogP contribution in [0.3, 0.4) is 0 Å². The zero-order valence-corrected chi connectivity index (χ0v) is 9.12. The van der Waals surface area contributed by atoms with E-state index in [9.17, 15) is 30.4 Å². The number of halogens is 3. The van der Waals surface area contributed by atoms with Gasteiger partial charge >= 0.3 is 45.2 Å². The molecule has 0 bridgehead atoms. The van der Waals surface area contributed by atoms with Gasteiger partial charge in [-0.05, 0) is 0 Å². The molecule has 0 aliphatic carbocycles.